The van der Waals surface area contributed by atoms with Crippen LogP contribution in [-0.2, 0) is 16.6 Å². The molecule has 0 fully saturated rings. The minimum absolute atomic E-state index is 0.190. The Morgan fingerprint density at radius 2 is 1.80 bits per heavy atom. The van der Waals surface area contributed by atoms with Gasteiger partial charge in [-0.25, -0.2) is 9.48 Å². The Balaban J connectivity index is 1.71. The molecule has 3 aromatic rings. The second-order valence-corrected chi connectivity index (χ2v) is 6.52. The van der Waals surface area contributed by atoms with Gasteiger partial charge in [0.2, 0.25) is 0 Å². The van der Waals surface area contributed by atoms with Gasteiger partial charge in [0, 0.05) is 7.05 Å². The number of hydrogen-bond donors (Lipinski definition) is 1. The van der Waals surface area contributed by atoms with Gasteiger partial charge in [-0.3, -0.25) is 14.3 Å². The summed E-state index contributed by atoms with van der Waals surface area (Å²) in [5, 5.41) is 2.63. The van der Waals surface area contributed by atoms with Crippen molar-refractivity contribution in [2.24, 2.45) is 7.05 Å². The Morgan fingerprint density at radius 1 is 1.07 bits per heavy atom. The number of benzene rings is 2. The molecule has 0 bridgehead atoms. The van der Waals surface area contributed by atoms with Crippen LogP contribution in [0.15, 0.2) is 59.4 Å². The minimum atomic E-state index is -0.484. The number of carbonyl (C=O) groups excluding carboxylic acids is 2. The van der Waals surface area contributed by atoms with Crippen molar-refractivity contribution in [3.05, 3.63) is 76.2 Å². The molecule has 30 heavy (non-hydrogen) atoms. The molecule has 1 aromatic heterocycles. The van der Waals surface area contributed by atoms with E-state index in [1.165, 1.54) is 10.7 Å². The molecule has 1 amide bonds. The third kappa shape index (κ3) is 4.43. The van der Waals surface area contributed by atoms with Crippen molar-refractivity contribution >= 4 is 17.6 Å². The molecule has 2 aromatic carbocycles. The third-order valence-electron chi connectivity index (χ3n) is 4.53. The first kappa shape index (κ1) is 20.9. The van der Waals surface area contributed by atoms with Crippen LogP contribution in [0.4, 0.5) is 5.69 Å². The van der Waals surface area contributed by atoms with Gasteiger partial charge in [0.25, 0.3) is 11.5 Å². The average Bonchev–Trinajstić information content (AvgIpc) is 2.96. The second kappa shape index (κ2) is 9.13. The van der Waals surface area contributed by atoms with Crippen LogP contribution >= 0.6 is 0 Å². The summed E-state index contributed by atoms with van der Waals surface area (Å²) in [5.41, 5.74) is 1.50. The zero-order chi connectivity index (χ0) is 21.7. The summed E-state index contributed by atoms with van der Waals surface area (Å²) in [5.74, 6) is -0.599. The van der Waals surface area contributed by atoms with Crippen LogP contribution in [0, 0.1) is 6.92 Å². The molecule has 0 aliphatic heterocycles. The molecule has 156 valence electrons. The molecule has 0 unspecified atom stereocenters. The highest BCUT2D eigenvalue weighted by Crippen LogP contribution is 2.16. The first-order valence-electron chi connectivity index (χ1n) is 9.46. The van der Waals surface area contributed by atoms with Crippen molar-refractivity contribution in [1.82, 2.24) is 9.36 Å². The quantitative estimate of drug-likeness (QED) is 0.606. The lowest BCUT2D eigenvalue weighted by atomic mass is 10.2. The van der Waals surface area contributed by atoms with Crippen LogP contribution < -0.4 is 15.6 Å². The molecule has 0 spiro atoms. The lowest BCUT2D eigenvalue weighted by Crippen LogP contribution is -2.25. The number of nitrogens with one attached hydrogen (secondary N) is 1. The summed E-state index contributed by atoms with van der Waals surface area (Å²) in [4.78, 5) is 37.0. The van der Waals surface area contributed by atoms with Crippen LogP contribution in [0.25, 0.3) is 5.69 Å². The van der Waals surface area contributed by atoms with E-state index < -0.39 is 11.9 Å². The van der Waals surface area contributed by atoms with E-state index >= 15 is 0 Å². The molecule has 8 heteroatoms. The molecular weight excluding hydrogens is 386 g/mol. The number of para-hydroxylation sites is 1. The van der Waals surface area contributed by atoms with Gasteiger partial charge in [-0.15, -0.1) is 0 Å². The van der Waals surface area contributed by atoms with Crippen molar-refractivity contribution in [2.45, 2.75) is 13.8 Å². The molecule has 0 saturated heterocycles. The van der Waals surface area contributed by atoms with Gasteiger partial charge in [-0.05, 0) is 44.2 Å². The first-order chi connectivity index (χ1) is 14.4. The average molecular weight is 409 g/mol. The van der Waals surface area contributed by atoms with E-state index in [1.807, 2.05) is 30.3 Å². The van der Waals surface area contributed by atoms with Crippen LogP contribution in [0.1, 0.15) is 23.0 Å². The number of esters is 1. The summed E-state index contributed by atoms with van der Waals surface area (Å²) in [7, 11) is 1.75. The van der Waals surface area contributed by atoms with Crippen LogP contribution in [0.3, 0.4) is 0 Å². The molecule has 0 saturated carbocycles. The van der Waals surface area contributed by atoms with Crippen LogP contribution in [0.2, 0.25) is 0 Å². The fourth-order valence-corrected chi connectivity index (χ4v) is 2.96. The molecule has 1 heterocycles. The maximum atomic E-state index is 12.8. The Bertz CT molecular complexity index is 1120. The SMILES string of the molecule is CCOC(=O)c1cccc(OCC(=O)Nc2c(C)n(C)n(-c3ccccc3)c2=O)c1. The number of nitrogens with zero attached hydrogens (tertiary/aromatic N) is 2. The van der Waals surface area contributed by atoms with Crippen molar-refractivity contribution in [3.8, 4) is 11.4 Å². The van der Waals surface area contributed by atoms with Crippen LogP contribution in [0.5, 0.6) is 5.75 Å². The van der Waals surface area contributed by atoms with Crippen LogP contribution in [-0.4, -0.2) is 34.5 Å². The van der Waals surface area contributed by atoms with Gasteiger partial charge in [0.1, 0.15) is 11.4 Å². The lowest BCUT2D eigenvalue weighted by molar-refractivity contribution is -0.118. The van der Waals surface area contributed by atoms with Gasteiger partial charge in [0.15, 0.2) is 6.61 Å². The number of aromatic nitrogens is 2. The zero-order valence-electron chi connectivity index (χ0n) is 17.0. The van der Waals surface area contributed by atoms with Crippen molar-refractivity contribution < 1.29 is 19.1 Å². The number of amides is 1. The maximum absolute atomic E-state index is 12.8. The zero-order valence-corrected chi connectivity index (χ0v) is 17.0. The predicted molar refractivity (Wildman–Crippen MR) is 112 cm³/mol. The monoisotopic (exact) mass is 409 g/mol. The first-order valence-corrected chi connectivity index (χ1v) is 9.46. The predicted octanol–water partition coefficient (Wildman–Crippen LogP) is 2.68. The standard InChI is InChI=1S/C22H23N3O5/c1-4-29-22(28)16-9-8-12-18(13-16)30-14-19(26)23-20-15(2)24(3)25(21(20)27)17-10-6-5-7-11-17/h5-13H,4,14H2,1-3H3,(H,23,26). The second-order valence-electron chi connectivity index (χ2n) is 6.52. The number of rotatable bonds is 7. The van der Waals surface area contributed by atoms with E-state index in [1.54, 1.807) is 43.8 Å². The molecule has 8 nitrogen and oxygen atoms in total. The minimum Gasteiger partial charge on any atom is -0.484 e. The Hall–Kier alpha value is -3.81. The Kier molecular flexibility index (Phi) is 6.36. The number of carbonyl (C=O) groups is 2. The Labute approximate surface area is 173 Å². The largest absolute Gasteiger partial charge is 0.484 e. The third-order valence-corrected chi connectivity index (χ3v) is 4.53. The summed E-state index contributed by atoms with van der Waals surface area (Å²) in [6.07, 6.45) is 0. The highest BCUT2D eigenvalue weighted by molar-refractivity contribution is 5.92. The highest BCUT2D eigenvalue weighted by Gasteiger charge is 2.18. The fraction of sp³-hybridized carbons (Fsp3) is 0.227. The van der Waals surface area contributed by atoms with E-state index in [-0.39, 0.29) is 24.5 Å². The molecular formula is C22H23N3O5. The van der Waals surface area contributed by atoms with Gasteiger partial charge in [0.05, 0.1) is 23.6 Å². The van der Waals surface area contributed by atoms with E-state index in [0.717, 1.165) is 0 Å². The smallest absolute Gasteiger partial charge is 0.338 e. The Morgan fingerprint density at radius 3 is 2.50 bits per heavy atom. The van der Waals surface area contributed by atoms with E-state index in [4.69, 9.17) is 9.47 Å². The lowest BCUT2D eigenvalue weighted by Gasteiger charge is -2.08. The fourth-order valence-electron chi connectivity index (χ4n) is 2.96. The number of ether oxygens (including phenoxy) is 2. The molecule has 0 atom stereocenters. The molecule has 1 N–H and O–H groups in total. The highest BCUT2D eigenvalue weighted by atomic mass is 16.5. The van der Waals surface area contributed by atoms with Crippen molar-refractivity contribution in [2.75, 3.05) is 18.5 Å². The summed E-state index contributed by atoms with van der Waals surface area (Å²) in [6, 6.07) is 15.5. The summed E-state index contributed by atoms with van der Waals surface area (Å²) in [6.45, 7) is 3.43. The molecule has 0 radical (unpaired) electrons. The topological polar surface area (TPSA) is 91.6 Å². The molecule has 0 aliphatic carbocycles. The van der Waals surface area contributed by atoms with Crippen molar-refractivity contribution in [1.29, 1.82) is 0 Å². The van der Waals surface area contributed by atoms with Gasteiger partial charge >= 0.3 is 5.97 Å². The van der Waals surface area contributed by atoms with E-state index in [0.29, 0.717) is 22.7 Å². The number of hydrogen-bond acceptors (Lipinski definition) is 5. The van der Waals surface area contributed by atoms with E-state index in [9.17, 15) is 14.4 Å². The van der Waals surface area contributed by atoms with Gasteiger partial charge in [-0.2, -0.15) is 0 Å². The van der Waals surface area contributed by atoms with Crippen molar-refractivity contribution in [3.63, 3.8) is 0 Å². The molecule has 3 rings (SSSR count). The summed E-state index contributed by atoms with van der Waals surface area (Å²) >= 11 is 0. The van der Waals surface area contributed by atoms with Gasteiger partial charge in [-0.1, -0.05) is 24.3 Å². The van der Waals surface area contributed by atoms with Gasteiger partial charge < -0.3 is 14.8 Å². The molecule has 0 aliphatic rings. The summed E-state index contributed by atoms with van der Waals surface area (Å²) < 4.78 is 13.6. The normalized spacial score (nSPS) is 10.5. The maximum Gasteiger partial charge on any atom is 0.338 e. The number of anilines is 1. The van der Waals surface area contributed by atoms with E-state index in [2.05, 4.69) is 5.32 Å².